The molecule has 3 aliphatic heterocycles. The maximum atomic E-state index is 12.7. The molecule has 1 spiro atoms. The Hall–Kier alpha value is -1.95. The lowest BCUT2D eigenvalue weighted by molar-refractivity contribution is -0.181. The van der Waals surface area contributed by atoms with Gasteiger partial charge in [0, 0.05) is 38.3 Å². The highest BCUT2D eigenvalue weighted by atomic mass is 16.5. The van der Waals surface area contributed by atoms with Gasteiger partial charge in [-0.05, 0) is 24.5 Å². The third-order valence-electron chi connectivity index (χ3n) is 5.28. The second kappa shape index (κ2) is 5.60. The van der Waals surface area contributed by atoms with E-state index in [1.807, 2.05) is 21.9 Å². The summed E-state index contributed by atoms with van der Waals surface area (Å²) in [5.74, 6) is 0.235. The molecule has 3 fully saturated rings. The van der Waals surface area contributed by atoms with Gasteiger partial charge in [-0.15, -0.1) is 0 Å². The number of carbonyl (C=O) groups is 2. The Labute approximate surface area is 135 Å². The molecule has 1 aromatic rings. The molecule has 122 valence electrons. The molecular formula is C17H21N3O3. The summed E-state index contributed by atoms with van der Waals surface area (Å²) in [6, 6.07) is 3.75. The highest BCUT2D eigenvalue weighted by Gasteiger charge is 2.61. The molecule has 3 saturated heterocycles. The van der Waals surface area contributed by atoms with Crippen LogP contribution in [0.1, 0.15) is 31.2 Å². The van der Waals surface area contributed by atoms with E-state index in [-0.39, 0.29) is 17.9 Å². The molecule has 23 heavy (non-hydrogen) atoms. The molecule has 0 aromatic carbocycles. The minimum Gasteiger partial charge on any atom is -0.353 e. The van der Waals surface area contributed by atoms with Gasteiger partial charge in [-0.1, -0.05) is 6.07 Å². The van der Waals surface area contributed by atoms with Crippen molar-refractivity contribution in [2.45, 2.75) is 43.9 Å². The summed E-state index contributed by atoms with van der Waals surface area (Å²) in [6.07, 6.45) is 6.68. The normalized spacial score (nSPS) is 29.6. The van der Waals surface area contributed by atoms with Crippen LogP contribution < -0.4 is 0 Å². The molecule has 0 saturated carbocycles. The van der Waals surface area contributed by atoms with Gasteiger partial charge in [-0.3, -0.25) is 14.6 Å². The summed E-state index contributed by atoms with van der Waals surface area (Å²) in [6.45, 7) is 2.12. The first-order valence-corrected chi connectivity index (χ1v) is 8.33. The Balaban J connectivity index is 1.46. The molecule has 4 rings (SSSR count). The van der Waals surface area contributed by atoms with E-state index in [1.165, 1.54) is 0 Å². The van der Waals surface area contributed by atoms with Crippen molar-refractivity contribution >= 4 is 11.8 Å². The van der Waals surface area contributed by atoms with Crippen molar-refractivity contribution in [3.05, 3.63) is 30.1 Å². The Morgan fingerprint density at radius 2 is 2.35 bits per heavy atom. The second-order valence-corrected chi connectivity index (χ2v) is 6.51. The van der Waals surface area contributed by atoms with Crippen LogP contribution in [0.2, 0.25) is 0 Å². The van der Waals surface area contributed by atoms with Gasteiger partial charge < -0.3 is 14.5 Å². The summed E-state index contributed by atoms with van der Waals surface area (Å²) >= 11 is 0. The number of rotatable bonds is 3. The first-order valence-electron chi connectivity index (χ1n) is 8.33. The van der Waals surface area contributed by atoms with Crippen LogP contribution in [0.3, 0.4) is 0 Å². The molecule has 2 amide bonds. The van der Waals surface area contributed by atoms with Crippen molar-refractivity contribution in [3.63, 3.8) is 0 Å². The molecule has 4 heterocycles. The molecule has 0 unspecified atom stereocenters. The zero-order valence-corrected chi connectivity index (χ0v) is 13.1. The Morgan fingerprint density at radius 3 is 3.17 bits per heavy atom. The fraction of sp³-hybridized carbons (Fsp3) is 0.588. The Bertz CT molecular complexity index is 621. The average molecular weight is 315 g/mol. The number of amides is 2. The van der Waals surface area contributed by atoms with Crippen molar-refractivity contribution < 1.29 is 14.3 Å². The summed E-state index contributed by atoms with van der Waals surface area (Å²) < 4.78 is 6.03. The van der Waals surface area contributed by atoms with Crippen molar-refractivity contribution in [3.8, 4) is 0 Å². The molecule has 0 aliphatic carbocycles. The van der Waals surface area contributed by atoms with E-state index in [4.69, 9.17) is 4.74 Å². The molecule has 2 atom stereocenters. The van der Waals surface area contributed by atoms with E-state index in [2.05, 4.69) is 4.98 Å². The van der Waals surface area contributed by atoms with Crippen LogP contribution in [0.15, 0.2) is 24.5 Å². The number of hydrogen-bond donors (Lipinski definition) is 0. The van der Waals surface area contributed by atoms with E-state index < -0.39 is 5.72 Å². The van der Waals surface area contributed by atoms with Crippen LogP contribution in [0.25, 0.3) is 0 Å². The highest BCUT2D eigenvalue weighted by molar-refractivity contribution is 5.84. The molecule has 0 N–H and O–H groups in total. The number of likely N-dealkylation sites (tertiary alicyclic amines) is 1. The lowest BCUT2D eigenvalue weighted by Gasteiger charge is -2.42. The van der Waals surface area contributed by atoms with Gasteiger partial charge in [0.1, 0.15) is 0 Å². The SMILES string of the molecule is O=C(CCc1cccnc1)N1CC[C@@]23OCCCN2C(=O)C[C@@H]13. The number of carbonyl (C=O) groups excluding carboxylic acids is 2. The monoisotopic (exact) mass is 315 g/mol. The molecule has 6 nitrogen and oxygen atoms in total. The van der Waals surface area contributed by atoms with Gasteiger partial charge in [0.25, 0.3) is 0 Å². The van der Waals surface area contributed by atoms with E-state index in [1.54, 1.807) is 12.4 Å². The minimum absolute atomic E-state index is 0.111. The van der Waals surface area contributed by atoms with Gasteiger partial charge in [0.2, 0.25) is 11.8 Å². The second-order valence-electron chi connectivity index (χ2n) is 6.51. The number of aromatic nitrogens is 1. The first-order chi connectivity index (χ1) is 11.2. The summed E-state index contributed by atoms with van der Waals surface area (Å²) in [5, 5.41) is 0. The topological polar surface area (TPSA) is 62.7 Å². The van der Waals surface area contributed by atoms with Crippen LogP contribution in [0.4, 0.5) is 0 Å². The van der Waals surface area contributed by atoms with Crippen LogP contribution in [-0.4, -0.2) is 58.1 Å². The molecule has 0 bridgehead atoms. The van der Waals surface area contributed by atoms with Crippen molar-refractivity contribution in [2.24, 2.45) is 0 Å². The van der Waals surface area contributed by atoms with Crippen LogP contribution in [-0.2, 0) is 20.7 Å². The minimum atomic E-state index is -0.542. The highest BCUT2D eigenvalue weighted by Crippen LogP contribution is 2.45. The lowest BCUT2D eigenvalue weighted by Crippen LogP contribution is -2.56. The summed E-state index contributed by atoms with van der Waals surface area (Å²) in [7, 11) is 0. The van der Waals surface area contributed by atoms with E-state index >= 15 is 0 Å². The van der Waals surface area contributed by atoms with Crippen molar-refractivity contribution in [1.82, 2.24) is 14.8 Å². The first kappa shape index (κ1) is 14.6. The summed E-state index contributed by atoms with van der Waals surface area (Å²) in [5.41, 5.74) is 0.520. The fourth-order valence-electron chi connectivity index (χ4n) is 4.19. The molecule has 0 radical (unpaired) electrons. The number of ether oxygens (including phenoxy) is 1. The van der Waals surface area contributed by atoms with Crippen molar-refractivity contribution in [2.75, 3.05) is 19.7 Å². The van der Waals surface area contributed by atoms with Gasteiger partial charge in [0.15, 0.2) is 5.72 Å². The fourth-order valence-corrected chi connectivity index (χ4v) is 4.19. The van der Waals surface area contributed by atoms with E-state index in [9.17, 15) is 9.59 Å². The van der Waals surface area contributed by atoms with Gasteiger partial charge in [-0.2, -0.15) is 0 Å². The average Bonchev–Trinajstić information content (AvgIpc) is 3.06. The number of pyridine rings is 1. The van der Waals surface area contributed by atoms with Gasteiger partial charge >= 0.3 is 0 Å². The molecule has 3 aliphatic rings. The number of hydrogen-bond acceptors (Lipinski definition) is 4. The lowest BCUT2D eigenvalue weighted by atomic mass is 10.0. The zero-order valence-electron chi connectivity index (χ0n) is 13.1. The number of nitrogens with zero attached hydrogens (tertiary/aromatic N) is 3. The van der Waals surface area contributed by atoms with Gasteiger partial charge in [0.05, 0.1) is 19.1 Å². The van der Waals surface area contributed by atoms with E-state index in [0.717, 1.165) is 24.9 Å². The summed E-state index contributed by atoms with van der Waals surface area (Å²) in [4.78, 5) is 32.7. The zero-order chi connectivity index (χ0) is 15.9. The third-order valence-corrected chi connectivity index (χ3v) is 5.28. The molecule has 1 aromatic heterocycles. The molecule has 6 heteroatoms. The Morgan fingerprint density at radius 1 is 1.43 bits per heavy atom. The van der Waals surface area contributed by atoms with E-state index in [0.29, 0.717) is 32.4 Å². The predicted octanol–water partition coefficient (Wildman–Crippen LogP) is 0.964. The maximum absolute atomic E-state index is 12.7. The third kappa shape index (κ3) is 2.32. The quantitative estimate of drug-likeness (QED) is 0.833. The van der Waals surface area contributed by atoms with Crippen molar-refractivity contribution in [1.29, 1.82) is 0 Å². The predicted molar refractivity (Wildman–Crippen MR) is 82.3 cm³/mol. The van der Waals surface area contributed by atoms with Crippen LogP contribution >= 0.6 is 0 Å². The Kier molecular flexibility index (Phi) is 3.56. The maximum Gasteiger partial charge on any atom is 0.227 e. The van der Waals surface area contributed by atoms with Crippen LogP contribution in [0, 0.1) is 0 Å². The smallest absolute Gasteiger partial charge is 0.227 e. The number of aryl methyl sites for hydroxylation is 1. The van der Waals surface area contributed by atoms with Crippen LogP contribution in [0.5, 0.6) is 0 Å². The molecular weight excluding hydrogens is 294 g/mol. The van der Waals surface area contributed by atoms with Gasteiger partial charge in [-0.25, -0.2) is 0 Å². The standard InChI is InChI=1S/C17H21N3O3/c21-15(5-4-13-3-1-7-18-12-13)19-9-6-17-14(19)11-16(22)20(17)8-2-10-23-17/h1,3,7,12,14H,2,4-6,8-11H2/t14-,17+/m1/s1. The largest absolute Gasteiger partial charge is 0.353 e.